The number of hydrogen-bond acceptors (Lipinski definition) is 1. The predicted octanol–water partition coefficient (Wildman–Crippen LogP) is 5.36. The van der Waals surface area contributed by atoms with Crippen LogP contribution in [-0.2, 0) is 0 Å². The second-order valence-electron chi connectivity index (χ2n) is 5.19. The van der Waals surface area contributed by atoms with Crippen LogP contribution in [0.2, 0.25) is 0 Å². The van der Waals surface area contributed by atoms with Crippen molar-refractivity contribution in [3.63, 3.8) is 0 Å². The van der Waals surface area contributed by atoms with E-state index in [9.17, 15) is 4.39 Å². The predicted molar refractivity (Wildman–Crippen MR) is 76.5 cm³/mol. The zero-order chi connectivity index (χ0) is 14.0. The van der Waals surface area contributed by atoms with E-state index in [2.05, 4.69) is 26.8 Å². The number of halogens is 1. The summed E-state index contributed by atoms with van der Waals surface area (Å²) in [4.78, 5) is 0. The Morgan fingerprint density at radius 3 is 2.00 bits per heavy atom. The molecule has 19 heavy (non-hydrogen) atoms. The number of aryl methyl sites for hydroxylation is 2. The topological polar surface area (TPSA) is 9.23 Å². The van der Waals surface area contributed by atoms with Gasteiger partial charge in [0.25, 0.3) is 0 Å². The van der Waals surface area contributed by atoms with E-state index >= 15 is 0 Å². The lowest BCUT2D eigenvalue weighted by Gasteiger charge is -2.12. The summed E-state index contributed by atoms with van der Waals surface area (Å²) >= 11 is 0. The molecule has 0 unspecified atom stereocenters. The third-order valence-corrected chi connectivity index (χ3v) is 3.23. The van der Waals surface area contributed by atoms with Crippen LogP contribution in [0.3, 0.4) is 0 Å². The number of benzene rings is 2. The second-order valence-corrected chi connectivity index (χ2v) is 5.19. The zero-order valence-electron chi connectivity index (χ0n) is 11.8. The maximum absolute atomic E-state index is 13.2. The van der Waals surface area contributed by atoms with Crippen LogP contribution in [0.25, 0.3) is 0 Å². The molecule has 0 aromatic heterocycles. The minimum atomic E-state index is -0.210. The van der Waals surface area contributed by atoms with Gasteiger partial charge < -0.3 is 4.74 Å². The van der Waals surface area contributed by atoms with Crippen LogP contribution in [0.5, 0.6) is 11.5 Å². The molecular weight excluding hydrogens is 239 g/mol. The molecule has 2 rings (SSSR count). The minimum absolute atomic E-state index is 0.210. The van der Waals surface area contributed by atoms with Gasteiger partial charge in [-0.25, -0.2) is 4.39 Å². The van der Waals surface area contributed by atoms with Crippen molar-refractivity contribution < 1.29 is 9.13 Å². The van der Waals surface area contributed by atoms with Crippen LogP contribution in [0.4, 0.5) is 4.39 Å². The van der Waals surface area contributed by atoms with Crippen LogP contribution >= 0.6 is 0 Å². The van der Waals surface area contributed by atoms with Gasteiger partial charge >= 0.3 is 0 Å². The molecule has 0 aliphatic heterocycles. The molecule has 0 saturated carbocycles. The average Bonchev–Trinajstić information content (AvgIpc) is 2.33. The van der Waals surface area contributed by atoms with Crippen molar-refractivity contribution in [3.8, 4) is 11.5 Å². The van der Waals surface area contributed by atoms with Gasteiger partial charge in [-0.05, 0) is 66.8 Å². The lowest BCUT2D eigenvalue weighted by molar-refractivity contribution is 0.479. The molecule has 0 heterocycles. The molecule has 2 heteroatoms. The Morgan fingerprint density at radius 2 is 1.47 bits per heavy atom. The molecule has 0 saturated heterocycles. The van der Waals surface area contributed by atoms with Gasteiger partial charge in [-0.3, -0.25) is 0 Å². The van der Waals surface area contributed by atoms with Gasteiger partial charge in [-0.1, -0.05) is 19.9 Å². The highest BCUT2D eigenvalue weighted by atomic mass is 19.1. The standard InChI is InChI=1S/C17H19FO/c1-11(2)16-7-5-14(9-12(16)3)19-15-6-8-17(18)13(4)10-15/h5-11H,1-4H3. The highest BCUT2D eigenvalue weighted by Crippen LogP contribution is 2.27. The van der Waals surface area contributed by atoms with Gasteiger partial charge in [-0.2, -0.15) is 0 Å². The van der Waals surface area contributed by atoms with Crippen molar-refractivity contribution in [3.05, 3.63) is 58.9 Å². The van der Waals surface area contributed by atoms with Gasteiger partial charge in [-0.15, -0.1) is 0 Å². The molecule has 2 aromatic carbocycles. The summed E-state index contributed by atoms with van der Waals surface area (Å²) in [5.74, 6) is 1.74. The third kappa shape index (κ3) is 3.14. The van der Waals surface area contributed by atoms with Crippen molar-refractivity contribution in [2.45, 2.75) is 33.6 Å². The lowest BCUT2D eigenvalue weighted by Crippen LogP contribution is -1.93. The van der Waals surface area contributed by atoms with E-state index in [-0.39, 0.29) is 5.82 Å². The number of hydrogen-bond donors (Lipinski definition) is 0. The van der Waals surface area contributed by atoms with Gasteiger partial charge in [0.2, 0.25) is 0 Å². The zero-order valence-corrected chi connectivity index (χ0v) is 11.8. The summed E-state index contributed by atoms with van der Waals surface area (Å²) in [5.41, 5.74) is 3.13. The summed E-state index contributed by atoms with van der Waals surface area (Å²) in [5, 5.41) is 0. The normalized spacial score (nSPS) is 10.8. The fourth-order valence-corrected chi connectivity index (χ4v) is 2.18. The van der Waals surface area contributed by atoms with Crippen molar-refractivity contribution in [1.29, 1.82) is 0 Å². The number of ether oxygens (including phenoxy) is 1. The second kappa shape index (κ2) is 5.43. The first-order valence-corrected chi connectivity index (χ1v) is 6.52. The van der Waals surface area contributed by atoms with E-state index in [1.54, 1.807) is 19.1 Å². The van der Waals surface area contributed by atoms with Crippen molar-refractivity contribution in [2.24, 2.45) is 0 Å². The Balaban J connectivity index is 2.24. The van der Waals surface area contributed by atoms with Gasteiger partial charge in [0.1, 0.15) is 17.3 Å². The molecule has 100 valence electrons. The van der Waals surface area contributed by atoms with E-state index in [4.69, 9.17) is 4.74 Å². The Labute approximate surface area is 114 Å². The molecule has 0 spiro atoms. The largest absolute Gasteiger partial charge is 0.457 e. The van der Waals surface area contributed by atoms with Crippen LogP contribution < -0.4 is 4.74 Å². The molecule has 0 aliphatic rings. The SMILES string of the molecule is Cc1cc(Oc2ccc(C(C)C)c(C)c2)ccc1F. The highest BCUT2D eigenvalue weighted by Gasteiger charge is 2.06. The van der Waals surface area contributed by atoms with Crippen molar-refractivity contribution >= 4 is 0 Å². The summed E-state index contributed by atoms with van der Waals surface area (Å²) in [6.45, 7) is 8.16. The quantitative estimate of drug-likeness (QED) is 0.720. The van der Waals surface area contributed by atoms with Crippen LogP contribution in [0, 0.1) is 19.7 Å². The molecule has 1 nitrogen and oxygen atoms in total. The van der Waals surface area contributed by atoms with Crippen LogP contribution in [-0.4, -0.2) is 0 Å². The molecule has 0 aliphatic carbocycles. The smallest absolute Gasteiger partial charge is 0.127 e. The maximum Gasteiger partial charge on any atom is 0.127 e. The summed E-state index contributed by atoms with van der Waals surface area (Å²) in [6, 6.07) is 10.9. The Kier molecular flexibility index (Phi) is 3.89. The van der Waals surface area contributed by atoms with Gasteiger partial charge in [0.15, 0.2) is 0 Å². The first-order chi connectivity index (χ1) is 8.97. The van der Waals surface area contributed by atoms with Crippen LogP contribution in [0.15, 0.2) is 36.4 Å². The van der Waals surface area contributed by atoms with E-state index in [1.165, 1.54) is 17.2 Å². The van der Waals surface area contributed by atoms with Gasteiger partial charge in [0, 0.05) is 0 Å². The molecule has 0 amide bonds. The monoisotopic (exact) mass is 258 g/mol. The van der Waals surface area contributed by atoms with Crippen molar-refractivity contribution in [1.82, 2.24) is 0 Å². The molecular formula is C17H19FO. The minimum Gasteiger partial charge on any atom is -0.457 e. The summed E-state index contributed by atoms with van der Waals surface area (Å²) in [6.07, 6.45) is 0. The number of rotatable bonds is 3. The Morgan fingerprint density at radius 1 is 0.895 bits per heavy atom. The summed E-state index contributed by atoms with van der Waals surface area (Å²) < 4.78 is 19.0. The lowest BCUT2D eigenvalue weighted by atomic mass is 9.98. The third-order valence-electron chi connectivity index (χ3n) is 3.23. The van der Waals surface area contributed by atoms with E-state index in [1.807, 2.05) is 12.1 Å². The summed E-state index contributed by atoms with van der Waals surface area (Å²) in [7, 11) is 0. The van der Waals surface area contributed by atoms with E-state index in [0.29, 0.717) is 17.2 Å². The first kappa shape index (κ1) is 13.6. The molecule has 0 atom stereocenters. The molecule has 0 bridgehead atoms. The fraction of sp³-hybridized carbons (Fsp3) is 0.294. The molecule has 0 radical (unpaired) electrons. The Hall–Kier alpha value is -1.83. The fourth-order valence-electron chi connectivity index (χ4n) is 2.18. The van der Waals surface area contributed by atoms with Crippen molar-refractivity contribution in [2.75, 3.05) is 0 Å². The van der Waals surface area contributed by atoms with E-state index in [0.717, 1.165) is 5.75 Å². The van der Waals surface area contributed by atoms with E-state index < -0.39 is 0 Å². The Bertz CT molecular complexity index is 588. The average molecular weight is 258 g/mol. The first-order valence-electron chi connectivity index (χ1n) is 6.52. The van der Waals surface area contributed by atoms with Crippen LogP contribution in [0.1, 0.15) is 36.5 Å². The molecule has 2 aromatic rings. The molecule has 0 N–H and O–H groups in total. The molecule has 0 fully saturated rings. The van der Waals surface area contributed by atoms with Gasteiger partial charge in [0.05, 0.1) is 0 Å². The highest BCUT2D eigenvalue weighted by molar-refractivity contribution is 5.39. The maximum atomic E-state index is 13.2.